The SMILES string of the molecule is COc1cccc(CC(=O)NCc2nnc3ccc(C(F)(F)F)cn23)c1. The minimum atomic E-state index is -4.47. The third-order valence-electron chi connectivity index (χ3n) is 3.74. The van der Waals surface area contributed by atoms with Crippen LogP contribution in [0.3, 0.4) is 0 Å². The summed E-state index contributed by atoms with van der Waals surface area (Å²) >= 11 is 0. The van der Waals surface area contributed by atoms with Gasteiger partial charge in [0.05, 0.1) is 25.6 Å². The van der Waals surface area contributed by atoms with Crippen molar-refractivity contribution in [2.45, 2.75) is 19.1 Å². The number of halogens is 3. The fourth-order valence-electron chi connectivity index (χ4n) is 2.43. The summed E-state index contributed by atoms with van der Waals surface area (Å²) in [6, 6.07) is 9.23. The van der Waals surface area contributed by atoms with Gasteiger partial charge in [-0.1, -0.05) is 12.1 Å². The Kier molecular flexibility index (Phi) is 4.79. The van der Waals surface area contributed by atoms with E-state index >= 15 is 0 Å². The minimum absolute atomic E-state index is 0.0364. The van der Waals surface area contributed by atoms with Gasteiger partial charge in [-0.3, -0.25) is 9.20 Å². The van der Waals surface area contributed by atoms with Crippen LogP contribution in [0.1, 0.15) is 17.0 Å². The zero-order valence-corrected chi connectivity index (χ0v) is 13.7. The summed E-state index contributed by atoms with van der Waals surface area (Å²) < 4.78 is 44.8. The Morgan fingerprint density at radius 2 is 2.04 bits per heavy atom. The number of fused-ring (bicyclic) bond motifs is 1. The largest absolute Gasteiger partial charge is 0.497 e. The number of amides is 1. The number of nitrogens with zero attached hydrogens (tertiary/aromatic N) is 3. The summed E-state index contributed by atoms with van der Waals surface area (Å²) in [6.45, 7) is -0.0364. The number of pyridine rings is 1. The molecule has 136 valence electrons. The van der Waals surface area contributed by atoms with Crippen molar-refractivity contribution < 1.29 is 22.7 Å². The van der Waals surface area contributed by atoms with E-state index in [9.17, 15) is 18.0 Å². The highest BCUT2D eigenvalue weighted by Crippen LogP contribution is 2.29. The minimum Gasteiger partial charge on any atom is -0.497 e. The molecule has 0 bridgehead atoms. The summed E-state index contributed by atoms with van der Waals surface area (Å²) in [5.41, 5.74) is 0.219. The number of aromatic nitrogens is 3. The molecule has 0 aliphatic carbocycles. The van der Waals surface area contributed by atoms with Crippen LogP contribution in [0, 0.1) is 0 Å². The maximum absolute atomic E-state index is 12.8. The van der Waals surface area contributed by atoms with Gasteiger partial charge >= 0.3 is 6.18 Å². The highest BCUT2D eigenvalue weighted by Gasteiger charge is 2.31. The number of rotatable bonds is 5. The van der Waals surface area contributed by atoms with Gasteiger partial charge in [0.25, 0.3) is 0 Å². The number of benzene rings is 1. The van der Waals surface area contributed by atoms with Gasteiger partial charge in [-0.25, -0.2) is 0 Å². The molecule has 1 N–H and O–H groups in total. The smallest absolute Gasteiger partial charge is 0.417 e. The zero-order valence-electron chi connectivity index (χ0n) is 13.7. The highest BCUT2D eigenvalue weighted by atomic mass is 19.4. The molecule has 26 heavy (non-hydrogen) atoms. The lowest BCUT2D eigenvalue weighted by molar-refractivity contribution is -0.137. The Balaban J connectivity index is 1.70. The van der Waals surface area contributed by atoms with Gasteiger partial charge in [0.2, 0.25) is 5.91 Å². The fourth-order valence-corrected chi connectivity index (χ4v) is 2.43. The van der Waals surface area contributed by atoms with Gasteiger partial charge in [-0.05, 0) is 29.8 Å². The number of ether oxygens (including phenoxy) is 1. The predicted octanol–water partition coefficient (Wildman–Crippen LogP) is 2.62. The van der Waals surface area contributed by atoms with Crippen molar-refractivity contribution in [3.8, 4) is 5.75 Å². The number of carbonyl (C=O) groups excluding carboxylic acids is 1. The predicted molar refractivity (Wildman–Crippen MR) is 86.5 cm³/mol. The van der Waals surface area contributed by atoms with Gasteiger partial charge in [0.15, 0.2) is 11.5 Å². The molecule has 6 nitrogen and oxygen atoms in total. The van der Waals surface area contributed by atoms with E-state index in [1.807, 2.05) is 0 Å². The van der Waals surface area contributed by atoms with Crippen LogP contribution in [0.4, 0.5) is 13.2 Å². The van der Waals surface area contributed by atoms with Crippen LogP contribution in [0.15, 0.2) is 42.6 Å². The number of alkyl halides is 3. The lowest BCUT2D eigenvalue weighted by Gasteiger charge is -2.08. The molecule has 9 heteroatoms. The van der Waals surface area contributed by atoms with Crippen LogP contribution in [0.2, 0.25) is 0 Å². The first kappa shape index (κ1) is 17.7. The Morgan fingerprint density at radius 3 is 2.77 bits per heavy atom. The summed E-state index contributed by atoms with van der Waals surface area (Å²) in [5.74, 6) is 0.561. The van der Waals surface area contributed by atoms with Crippen molar-refractivity contribution in [2.24, 2.45) is 0 Å². The van der Waals surface area contributed by atoms with Gasteiger partial charge < -0.3 is 10.1 Å². The monoisotopic (exact) mass is 364 g/mol. The molecule has 0 aliphatic rings. The van der Waals surface area contributed by atoms with Crippen LogP contribution >= 0.6 is 0 Å². The molecule has 0 saturated heterocycles. The molecule has 1 aromatic carbocycles. The van der Waals surface area contributed by atoms with Gasteiger partial charge in [0, 0.05) is 6.20 Å². The van der Waals surface area contributed by atoms with Gasteiger partial charge in [0.1, 0.15) is 5.75 Å². The molecule has 0 spiro atoms. The van der Waals surface area contributed by atoms with E-state index in [4.69, 9.17) is 4.74 Å². The number of hydrogen-bond acceptors (Lipinski definition) is 4. The lowest BCUT2D eigenvalue weighted by atomic mass is 10.1. The van der Waals surface area contributed by atoms with Crippen LogP contribution in [0.5, 0.6) is 5.75 Å². The van der Waals surface area contributed by atoms with Crippen LogP contribution < -0.4 is 10.1 Å². The van der Waals surface area contributed by atoms with E-state index in [2.05, 4.69) is 15.5 Å². The summed E-state index contributed by atoms with van der Waals surface area (Å²) in [5, 5.41) is 10.3. The molecule has 3 rings (SSSR count). The summed E-state index contributed by atoms with van der Waals surface area (Å²) in [4.78, 5) is 12.1. The molecule has 0 atom stereocenters. The van der Waals surface area contributed by atoms with Crippen molar-refractivity contribution >= 4 is 11.6 Å². The van der Waals surface area contributed by atoms with E-state index < -0.39 is 11.7 Å². The summed E-state index contributed by atoms with van der Waals surface area (Å²) in [6.07, 6.45) is -3.44. The topological polar surface area (TPSA) is 68.5 Å². The maximum Gasteiger partial charge on any atom is 0.417 e. The fraction of sp³-hybridized carbons (Fsp3) is 0.235. The second-order valence-corrected chi connectivity index (χ2v) is 5.56. The van der Waals surface area contributed by atoms with Crippen molar-refractivity contribution in [2.75, 3.05) is 7.11 Å². The van der Waals surface area contributed by atoms with Crippen molar-refractivity contribution in [1.82, 2.24) is 19.9 Å². The second-order valence-electron chi connectivity index (χ2n) is 5.56. The van der Waals surface area contributed by atoms with E-state index in [-0.39, 0.29) is 30.3 Å². The Morgan fingerprint density at radius 1 is 1.23 bits per heavy atom. The molecule has 0 saturated carbocycles. The molecule has 0 radical (unpaired) electrons. The Hall–Kier alpha value is -3.10. The molecule has 0 unspecified atom stereocenters. The van der Waals surface area contributed by atoms with Crippen LogP contribution in [-0.2, 0) is 23.9 Å². The number of carbonyl (C=O) groups is 1. The molecule has 2 aromatic heterocycles. The maximum atomic E-state index is 12.8. The first-order valence-electron chi connectivity index (χ1n) is 7.67. The third kappa shape index (κ3) is 3.93. The van der Waals surface area contributed by atoms with Gasteiger partial charge in [-0.15, -0.1) is 10.2 Å². The van der Waals surface area contributed by atoms with E-state index in [0.29, 0.717) is 5.75 Å². The molecular weight excluding hydrogens is 349 g/mol. The van der Waals surface area contributed by atoms with Crippen molar-refractivity contribution in [1.29, 1.82) is 0 Å². The summed E-state index contributed by atoms with van der Waals surface area (Å²) in [7, 11) is 1.53. The van der Waals surface area contributed by atoms with Crippen molar-refractivity contribution in [3.05, 3.63) is 59.5 Å². The number of hydrogen-bond donors (Lipinski definition) is 1. The number of methoxy groups -OCH3 is 1. The second kappa shape index (κ2) is 7.03. The first-order valence-corrected chi connectivity index (χ1v) is 7.67. The Labute approximate surface area is 146 Å². The molecule has 0 aliphatic heterocycles. The van der Waals surface area contributed by atoms with Gasteiger partial charge in [-0.2, -0.15) is 13.2 Å². The standard InChI is InChI=1S/C17H15F3N4O2/c1-26-13-4-2-3-11(7-13)8-16(25)21-9-15-23-22-14-6-5-12(10-24(14)15)17(18,19)20/h2-7,10H,8-9H2,1H3,(H,21,25). The molecule has 3 aromatic rings. The van der Waals surface area contributed by atoms with Crippen molar-refractivity contribution in [3.63, 3.8) is 0 Å². The van der Waals surface area contributed by atoms with Crippen LogP contribution in [0.25, 0.3) is 5.65 Å². The molecule has 0 fully saturated rings. The first-order chi connectivity index (χ1) is 12.4. The van der Waals surface area contributed by atoms with E-state index in [1.165, 1.54) is 17.6 Å². The third-order valence-corrected chi connectivity index (χ3v) is 3.74. The average molecular weight is 364 g/mol. The zero-order chi connectivity index (χ0) is 18.7. The van der Waals surface area contributed by atoms with E-state index in [0.717, 1.165) is 17.8 Å². The molecule has 1 amide bonds. The highest BCUT2D eigenvalue weighted by molar-refractivity contribution is 5.78. The Bertz CT molecular complexity index is 937. The van der Waals surface area contributed by atoms with E-state index in [1.54, 1.807) is 24.3 Å². The molecule has 2 heterocycles. The van der Waals surface area contributed by atoms with Crippen LogP contribution in [-0.4, -0.2) is 27.6 Å². The average Bonchev–Trinajstić information content (AvgIpc) is 3.01. The normalized spacial score (nSPS) is 11.5. The quantitative estimate of drug-likeness (QED) is 0.756. The number of nitrogens with one attached hydrogen (secondary N) is 1. The lowest BCUT2D eigenvalue weighted by Crippen LogP contribution is -2.25. The molecular formula is C17H15F3N4O2.